The van der Waals surface area contributed by atoms with Crippen LogP contribution in [-0.4, -0.2) is 44.0 Å². The second-order valence-corrected chi connectivity index (χ2v) is 9.77. The third-order valence-electron chi connectivity index (χ3n) is 7.26. The number of halogens is 2. The molecule has 8 nitrogen and oxygen atoms in total. The van der Waals surface area contributed by atoms with Crippen molar-refractivity contribution < 1.29 is 13.6 Å². The summed E-state index contributed by atoms with van der Waals surface area (Å²) in [5, 5.41) is 18.4. The van der Waals surface area contributed by atoms with Crippen molar-refractivity contribution in [2.75, 3.05) is 10.6 Å². The highest BCUT2D eigenvalue weighted by molar-refractivity contribution is 6.03. The first-order chi connectivity index (χ1) is 16.9. The number of benzene rings is 1. The molecule has 4 aromatic rings. The molecule has 0 bridgehead atoms. The number of carbonyl (C=O) groups excluding carboxylic acids is 1. The third kappa shape index (κ3) is 3.91. The number of nitrogens with two attached hydrogens (primary N) is 1. The molecule has 3 heterocycles. The number of carbonyl (C=O) groups is 1. The van der Waals surface area contributed by atoms with E-state index >= 15 is 4.39 Å². The van der Waals surface area contributed by atoms with E-state index in [2.05, 4.69) is 25.9 Å². The largest absolute Gasteiger partial charge is 0.378 e. The van der Waals surface area contributed by atoms with E-state index in [1.807, 2.05) is 12.1 Å². The van der Waals surface area contributed by atoms with Gasteiger partial charge in [0.15, 0.2) is 11.6 Å². The number of fused-ring (bicyclic) bond motifs is 2. The van der Waals surface area contributed by atoms with Crippen LogP contribution in [0.2, 0.25) is 0 Å². The Morgan fingerprint density at radius 3 is 2.77 bits per heavy atom. The van der Waals surface area contributed by atoms with Gasteiger partial charge >= 0.3 is 0 Å². The van der Waals surface area contributed by atoms with Gasteiger partial charge in [0.2, 0.25) is 5.91 Å². The van der Waals surface area contributed by atoms with E-state index in [9.17, 15) is 9.18 Å². The van der Waals surface area contributed by atoms with E-state index in [-0.39, 0.29) is 30.2 Å². The predicted molar refractivity (Wildman–Crippen MR) is 130 cm³/mol. The smallest absolute Gasteiger partial charge is 0.231 e. The fourth-order valence-electron chi connectivity index (χ4n) is 5.12. The molecule has 35 heavy (non-hydrogen) atoms. The van der Waals surface area contributed by atoms with Gasteiger partial charge in [0.25, 0.3) is 0 Å². The Labute approximate surface area is 200 Å². The number of hydrogen-bond acceptors (Lipinski definition) is 5. The van der Waals surface area contributed by atoms with Gasteiger partial charge in [-0.3, -0.25) is 9.89 Å². The van der Waals surface area contributed by atoms with Crippen LogP contribution in [0.1, 0.15) is 37.7 Å². The number of aromatic nitrogens is 4. The number of amides is 1. The van der Waals surface area contributed by atoms with Gasteiger partial charge in [-0.1, -0.05) is 0 Å². The lowest BCUT2D eigenvalue weighted by molar-refractivity contribution is -0.117. The Kier molecular flexibility index (Phi) is 5.21. The minimum atomic E-state index is -1.07. The molecule has 5 N–H and O–H groups in total. The van der Waals surface area contributed by atoms with Crippen LogP contribution in [0.5, 0.6) is 0 Å². The van der Waals surface area contributed by atoms with Crippen molar-refractivity contribution in [1.29, 1.82) is 0 Å². The molecular formula is C25H27F2N7O. The Morgan fingerprint density at radius 1 is 1.26 bits per heavy atom. The van der Waals surface area contributed by atoms with E-state index in [4.69, 9.17) is 5.73 Å². The fraction of sp³-hybridized carbons (Fsp3) is 0.400. The Hall–Kier alpha value is -3.53. The number of pyridine rings is 1. The normalized spacial score (nSPS) is 24.1. The summed E-state index contributed by atoms with van der Waals surface area (Å²) in [6, 6.07) is 5.85. The van der Waals surface area contributed by atoms with Gasteiger partial charge in [0.1, 0.15) is 6.17 Å². The molecule has 1 amide bonds. The van der Waals surface area contributed by atoms with Crippen LogP contribution in [0.4, 0.5) is 20.3 Å². The number of nitrogens with zero attached hydrogens (tertiary/aromatic N) is 3. The zero-order valence-corrected chi connectivity index (χ0v) is 19.3. The maximum absolute atomic E-state index is 15.7. The summed E-state index contributed by atoms with van der Waals surface area (Å²) in [7, 11) is 0. The highest BCUT2D eigenvalue weighted by Gasteiger charge is 2.43. The van der Waals surface area contributed by atoms with E-state index in [0.717, 1.165) is 47.7 Å². The fourth-order valence-corrected chi connectivity index (χ4v) is 5.12. The van der Waals surface area contributed by atoms with Crippen molar-refractivity contribution in [3.8, 4) is 11.1 Å². The van der Waals surface area contributed by atoms with Crippen molar-refractivity contribution in [3.05, 3.63) is 42.0 Å². The second kappa shape index (κ2) is 8.30. The predicted octanol–water partition coefficient (Wildman–Crippen LogP) is 4.30. The van der Waals surface area contributed by atoms with Crippen LogP contribution >= 0.6 is 0 Å². The highest BCUT2D eigenvalue weighted by atomic mass is 19.1. The topological polar surface area (TPSA) is 113 Å². The maximum atomic E-state index is 15.7. The number of anilines is 2. The molecule has 3 aromatic heterocycles. The van der Waals surface area contributed by atoms with Gasteiger partial charge in [-0.2, -0.15) is 10.2 Å². The molecule has 0 spiro atoms. The van der Waals surface area contributed by atoms with E-state index in [0.29, 0.717) is 22.6 Å². The van der Waals surface area contributed by atoms with Crippen molar-refractivity contribution >= 4 is 33.8 Å². The van der Waals surface area contributed by atoms with Crippen molar-refractivity contribution in [3.63, 3.8) is 0 Å². The minimum absolute atomic E-state index is 0.168. The van der Waals surface area contributed by atoms with Gasteiger partial charge < -0.3 is 16.4 Å². The standard InChI is InChI=1S/C25H27F2N7O/c1-12-21(13-6-7-34-16(8-13)9-20(33-34)31-25(35)17-10-19(17)26)18-11-29-32-23(18)24(22(12)27)30-15-4-2-14(28)3-5-15/h6-9,11,14-15,17,19,30H,2-5,10,28H2,1H3,(H,29,32)(H,31,33,35)/t14?,15?,17-,19+/m1/s1. The molecule has 182 valence electrons. The van der Waals surface area contributed by atoms with E-state index in [1.165, 1.54) is 0 Å². The summed E-state index contributed by atoms with van der Waals surface area (Å²) in [4.78, 5) is 12.1. The molecule has 0 saturated heterocycles. The maximum Gasteiger partial charge on any atom is 0.231 e. The van der Waals surface area contributed by atoms with Gasteiger partial charge in [-0.25, -0.2) is 13.3 Å². The first kappa shape index (κ1) is 22.0. The molecule has 2 saturated carbocycles. The molecule has 0 aliphatic heterocycles. The SMILES string of the molecule is Cc1c(F)c(NC2CCC(N)CC2)c2[nH]ncc2c1-c1ccn2nc(NC(=O)[C@@H]3C[C@@H]3F)cc2c1. The van der Waals surface area contributed by atoms with Crippen LogP contribution in [0.15, 0.2) is 30.6 Å². The van der Waals surface area contributed by atoms with Crippen LogP contribution in [-0.2, 0) is 4.79 Å². The van der Waals surface area contributed by atoms with Gasteiger partial charge in [0.05, 0.1) is 28.8 Å². The van der Waals surface area contributed by atoms with E-state index in [1.54, 1.807) is 29.9 Å². The summed E-state index contributed by atoms with van der Waals surface area (Å²) < 4.78 is 30.5. The summed E-state index contributed by atoms with van der Waals surface area (Å²) in [5.74, 6) is -0.900. The van der Waals surface area contributed by atoms with Crippen molar-refractivity contribution in [1.82, 2.24) is 19.8 Å². The molecule has 2 fully saturated rings. The Bertz CT molecular complexity index is 1440. The zero-order chi connectivity index (χ0) is 24.3. The molecule has 0 unspecified atom stereocenters. The first-order valence-corrected chi connectivity index (χ1v) is 12.0. The van der Waals surface area contributed by atoms with Crippen molar-refractivity contribution in [2.24, 2.45) is 11.7 Å². The Morgan fingerprint density at radius 2 is 2.03 bits per heavy atom. The number of hydrogen-bond donors (Lipinski definition) is 4. The van der Waals surface area contributed by atoms with Crippen LogP contribution in [0, 0.1) is 18.7 Å². The molecule has 1 aromatic carbocycles. The van der Waals surface area contributed by atoms with Gasteiger partial charge in [-0.15, -0.1) is 0 Å². The van der Waals surface area contributed by atoms with Crippen LogP contribution in [0.3, 0.4) is 0 Å². The number of aromatic amines is 1. The quantitative estimate of drug-likeness (QED) is 0.341. The zero-order valence-electron chi connectivity index (χ0n) is 19.3. The molecule has 2 atom stereocenters. The van der Waals surface area contributed by atoms with E-state index < -0.39 is 12.1 Å². The average molecular weight is 480 g/mol. The number of alkyl halides is 1. The third-order valence-corrected chi connectivity index (χ3v) is 7.26. The lowest BCUT2D eigenvalue weighted by Crippen LogP contribution is -2.33. The summed E-state index contributed by atoms with van der Waals surface area (Å²) in [6.45, 7) is 1.77. The summed E-state index contributed by atoms with van der Waals surface area (Å²) in [6.07, 6.45) is 6.32. The van der Waals surface area contributed by atoms with Crippen LogP contribution in [0.25, 0.3) is 27.5 Å². The summed E-state index contributed by atoms with van der Waals surface area (Å²) >= 11 is 0. The summed E-state index contributed by atoms with van der Waals surface area (Å²) in [5.41, 5.74) is 9.90. The number of nitrogens with one attached hydrogen (secondary N) is 3. The first-order valence-electron chi connectivity index (χ1n) is 12.0. The number of rotatable bonds is 5. The number of H-pyrrole nitrogens is 1. The molecule has 2 aliphatic rings. The molecular weight excluding hydrogens is 452 g/mol. The molecule has 10 heteroatoms. The average Bonchev–Trinajstić information content (AvgIpc) is 3.20. The molecule has 0 radical (unpaired) electrons. The monoisotopic (exact) mass is 479 g/mol. The lowest BCUT2D eigenvalue weighted by Gasteiger charge is -2.28. The Balaban J connectivity index is 1.35. The minimum Gasteiger partial charge on any atom is -0.378 e. The van der Waals surface area contributed by atoms with Gasteiger partial charge in [-0.05, 0) is 67.9 Å². The lowest BCUT2D eigenvalue weighted by atomic mass is 9.91. The van der Waals surface area contributed by atoms with Crippen LogP contribution < -0.4 is 16.4 Å². The molecule has 6 rings (SSSR count). The second-order valence-electron chi connectivity index (χ2n) is 9.77. The highest BCUT2D eigenvalue weighted by Crippen LogP contribution is 2.39. The van der Waals surface area contributed by atoms with Crippen molar-refractivity contribution in [2.45, 2.75) is 57.3 Å². The van der Waals surface area contributed by atoms with Gasteiger partial charge in [0, 0.05) is 29.7 Å². The molecule has 2 aliphatic carbocycles.